The molecule has 148 valence electrons. The van der Waals surface area contributed by atoms with Gasteiger partial charge in [-0.15, -0.1) is 0 Å². The average molecular weight is 394 g/mol. The van der Waals surface area contributed by atoms with Crippen molar-refractivity contribution in [1.29, 1.82) is 0 Å². The Morgan fingerprint density at radius 1 is 1.24 bits per heavy atom. The second-order valence-corrected chi connectivity index (χ2v) is 6.43. The molecule has 0 unspecified atom stereocenters. The highest BCUT2D eigenvalue weighted by Crippen LogP contribution is 2.25. The second-order valence-electron chi connectivity index (χ2n) is 6.43. The van der Waals surface area contributed by atoms with Crippen molar-refractivity contribution in [2.45, 2.75) is 20.8 Å². The number of imidazole rings is 1. The van der Waals surface area contributed by atoms with Crippen molar-refractivity contribution < 1.29 is 14.5 Å². The van der Waals surface area contributed by atoms with Gasteiger partial charge in [-0.25, -0.2) is 5.43 Å². The molecule has 0 aliphatic carbocycles. The van der Waals surface area contributed by atoms with Gasteiger partial charge in [0.05, 0.1) is 11.9 Å². The molecule has 3 rings (SSSR count). The van der Waals surface area contributed by atoms with E-state index in [0.29, 0.717) is 11.3 Å². The number of pyridine rings is 1. The van der Waals surface area contributed by atoms with E-state index in [1.165, 1.54) is 19.3 Å². The topological polar surface area (TPSA) is 131 Å². The number of rotatable bonds is 5. The molecule has 0 saturated carbocycles. The summed E-state index contributed by atoms with van der Waals surface area (Å²) in [4.78, 5) is 38.8. The molecule has 0 spiro atoms. The number of carbonyl (C=O) groups excluding carboxylic acids is 2. The molecule has 0 fully saturated rings. The molecule has 0 saturated heterocycles. The fourth-order valence-electron chi connectivity index (χ4n) is 2.69. The summed E-state index contributed by atoms with van der Waals surface area (Å²) in [6, 6.07) is 8.98. The molecule has 0 radical (unpaired) electrons. The van der Waals surface area contributed by atoms with Crippen molar-refractivity contribution in [3.8, 4) is 0 Å². The number of amides is 2. The van der Waals surface area contributed by atoms with Crippen LogP contribution in [0.25, 0.3) is 5.65 Å². The lowest BCUT2D eigenvalue weighted by Crippen LogP contribution is -2.19. The summed E-state index contributed by atoms with van der Waals surface area (Å²) in [5.41, 5.74) is 4.96. The van der Waals surface area contributed by atoms with Gasteiger partial charge in [-0.2, -0.15) is 14.5 Å². The summed E-state index contributed by atoms with van der Waals surface area (Å²) >= 11 is 0. The summed E-state index contributed by atoms with van der Waals surface area (Å²) < 4.78 is 1.15. The number of nitrogens with zero attached hydrogens (tertiary/aromatic N) is 4. The molecule has 10 heteroatoms. The fraction of sp³-hybridized carbons (Fsp3) is 0.158. The molecule has 0 aliphatic heterocycles. The summed E-state index contributed by atoms with van der Waals surface area (Å²) in [5.74, 6) is -1.66. The van der Waals surface area contributed by atoms with Crippen LogP contribution >= 0.6 is 0 Å². The summed E-state index contributed by atoms with van der Waals surface area (Å²) in [7, 11) is 0. The molecular formula is C19H18N6O4. The Bertz CT molecular complexity index is 1150. The van der Waals surface area contributed by atoms with Crippen LogP contribution in [-0.4, -0.2) is 32.3 Å². The zero-order chi connectivity index (χ0) is 21.1. The van der Waals surface area contributed by atoms with E-state index in [1.54, 1.807) is 13.0 Å². The van der Waals surface area contributed by atoms with Gasteiger partial charge in [0, 0.05) is 13.0 Å². The molecule has 1 aromatic carbocycles. The number of nitro groups is 1. The van der Waals surface area contributed by atoms with E-state index in [2.05, 4.69) is 20.8 Å². The molecule has 0 atom stereocenters. The maximum absolute atomic E-state index is 12.5. The van der Waals surface area contributed by atoms with E-state index in [0.717, 1.165) is 15.5 Å². The fourth-order valence-corrected chi connectivity index (χ4v) is 2.69. The maximum Gasteiger partial charge on any atom is 0.361 e. The van der Waals surface area contributed by atoms with Gasteiger partial charge in [-0.05, 0) is 29.9 Å². The lowest BCUT2D eigenvalue weighted by Gasteiger charge is -2.04. The number of nitrogens with one attached hydrogen (secondary N) is 2. The summed E-state index contributed by atoms with van der Waals surface area (Å²) in [6.07, 6.45) is 2.79. The number of benzene rings is 1. The van der Waals surface area contributed by atoms with Crippen molar-refractivity contribution in [2.24, 2.45) is 5.10 Å². The van der Waals surface area contributed by atoms with Gasteiger partial charge >= 0.3 is 5.82 Å². The van der Waals surface area contributed by atoms with Crippen LogP contribution in [0.2, 0.25) is 0 Å². The third-order valence-corrected chi connectivity index (χ3v) is 4.10. The minimum absolute atomic E-state index is 0.205. The number of aryl methyl sites for hydroxylation is 2. The van der Waals surface area contributed by atoms with Gasteiger partial charge < -0.3 is 15.4 Å². The standard InChI is InChI=1S/C19H18N6O4/c1-11-4-6-14(7-5-11)9-20-23-18(27)17-19(25(28)29)24-10-15(21-13(3)26)12(2)8-16(24)22-17/h4-10H,1-3H3,(H,21,26)(H,23,27)/b20-9-. The number of hydrogen-bond acceptors (Lipinski definition) is 6. The van der Waals surface area contributed by atoms with Crippen LogP contribution in [0.3, 0.4) is 0 Å². The van der Waals surface area contributed by atoms with Crippen LogP contribution < -0.4 is 10.7 Å². The van der Waals surface area contributed by atoms with Crippen molar-refractivity contribution in [2.75, 3.05) is 5.32 Å². The number of aromatic nitrogens is 2. The average Bonchev–Trinajstić information content (AvgIpc) is 3.01. The number of hydrogen-bond donors (Lipinski definition) is 2. The molecule has 2 heterocycles. The van der Waals surface area contributed by atoms with Gasteiger partial charge in [0.1, 0.15) is 6.20 Å². The first kappa shape index (κ1) is 19.7. The zero-order valence-corrected chi connectivity index (χ0v) is 16.0. The number of carbonyl (C=O) groups is 2. The van der Waals surface area contributed by atoms with Crippen molar-refractivity contribution in [3.05, 3.63) is 69.0 Å². The van der Waals surface area contributed by atoms with E-state index in [4.69, 9.17) is 0 Å². The monoisotopic (exact) mass is 394 g/mol. The number of hydrazone groups is 1. The largest absolute Gasteiger partial charge is 0.361 e. The van der Waals surface area contributed by atoms with Crippen molar-refractivity contribution >= 4 is 35.2 Å². The Labute approximate surface area is 165 Å². The van der Waals surface area contributed by atoms with Gasteiger partial charge in [-0.3, -0.25) is 9.59 Å². The first-order valence-electron chi connectivity index (χ1n) is 8.61. The Balaban J connectivity index is 1.94. The Kier molecular flexibility index (Phi) is 5.35. The second kappa shape index (κ2) is 7.89. The van der Waals surface area contributed by atoms with Crippen LogP contribution in [0.5, 0.6) is 0 Å². The first-order valence-corrected chi connectivity index (χ1v) is 8.61. The van der Waals surface area contributed by atoms with E-state index in [1.807, 2.05) is 31.2 Å². The van der Waals surface area contributed by atoms with E-state index in [9.17, 15) is 19.7 Å². The zero-order valence-electron chi connectivity index (χ0n) is 16.0. The predicted octanol–water partition coefficient (Wildman–Crippen LogP) is 2.58. The maximum atomic E-state index is 12.5. The third-order valence-electron chi connectivity index (χ3n) is 4.10. The lowest BCUT2D eigenvalue weighted by atomic mass is 10.2. The summed E-state index contributed by atoms with van der Waals surface area (Å²) in [5, 5.41) is 18.0. The minimum Gasteiger partial charge on any atom is -0.358 e. The summed E-state index contributed by atoms with van der Waals surface area (Å²) in [6.45, 7) is 5.00. The van der Waals surface area contributed by atoms with E-state index < -0.39 is 16.6 Å². The van der Waals surface area contributed by atoms with Crippen LogP contribution in [0.15, 0.2) is 41.6 Å². The Morgan fingerprint density at radius 3 is 2.55 bits per heavy atom. The number of fused-ring (bicyclic) bond motifs is 1. The van der Waals surface area contributed by atoms with Gasteiger partial charge in [0.15, 0.2) is 0 Å². The lowest BCUT2D eigenvalue weighted by molar-refractivity contribution is -0.390. The highest BCUT2D eigenvalue weighted by Gasteiger charge is 2.28. The highest BCUT2D eigenvalue weighted by atomic mass is 16.6. The molecule has 2 aromatic heterocycles. The molecule has 10 nitrogen and oxygen atoms in total. The highest BCUT2D eigenvalue weighted by molar-refractivity contribution is 5.97. The quantitative estimate of drug-likeness (QED) is 0.390. The molecule has 0 bridgehead atoms. The normalized spacial score (nSPS) is 11.0. The molecule has 29 heavy (non-hydrogen) atoms. The first-order chi connectivity index (χ1) is 13.8. The van der Waals surface area contributed by atoms with Crippen LogP contribution in [0.4, 0.5) is 11.5 Å². The van der Waals surface area contributed by atoms with Crippen LogP contribution in [0, 0.1) is 24.0 Å². The third kappa shape index (κ3) is 4.26. The predicted molar refractivity (Wildman–Crippen MR) is 107 cm³/mol. The molecule has 3 aromatic rings. The molecule has 2 amide bonds. The number of anilines is 1. The Morgan fingerprint density at radius 2 is 1.93 bits per heavy atom. The van der Waals surface area contributed by atoms with Gasteiger partial charge in [0.25, 0.3) is 5.91 Å². The molecule has 0 aliphatic rings. The van der Waals surface area contributed by atoms with Gasteiger partial charge in [-0.1, -0.05) is 29.8 Å². The van der Waals surface area contributed by atoms with Crippen LogP contribution in [0.1, 0.15) is 34.1 Å². The van der Waals surface area contributed by atoms with E-state index in [-0.39, 0.29) is 17.2 Å². The van der Waals surface area contributed by atoms with Crippen molar-refractivity contribution in [3.63, 3.8) is 0 Å². The van der Waals surface area contributed by atoms with E-state index >= 15 is 0 Å². The Hall–Kier alpha value is -4.08. The minimum atomic E-state index is -0.817. The molecular weight excluding hydrogens is 376 g/mol. The smallest absolute Gasteiger partial charge is 0.358 e. The van der Waals surface area contributed by atoms with Crippen LogP contribution in [-0.2, 0) is 4.79 Å². The van der Waals surface area contributed by atoms with Crippen molar-refractivity contribution in [1.82, 2.24) is 14.8 Å². The van der Waals surface area contributed by atoms with Gasteiger partial charge in [0.2, 0.25) is 17.2 Å². The SMILES string of the molecule is CC(=O)Nc1cn2c([N+](=O)[O-])c(C(=O)N/N=C\c3ccc(C)cc3)nc2cc1C. The molecule has 2 N–H and O–H groups in total.